The fraction of sp³-hybridized carbons (Fsp3) is 1.00. The van der Waals surface area contributed by atoms with Gasteiger partial charge in [-0.1, -0.05) is 19.3 Å². The van der Waals surface area contributed by atoms with E-state index in [4.69, 9.17) is 0 Å². The van der Waals surface area contributed by atoms with E-state index in [1.165, 1.54) is 32.1 Å². The van der Waals surface area contributed by atoms with Crippen LogP contribution in [0, 0.1) is 11.8 Å². The normalized spacial score (nSPS) is 47.1. The maximum atomic E-state index is 9.52. The molecule has 0 aromatic carbocycles. The van der Waals surface area contributed by atoms with Gasteiger partial charge in [0.1, 0.15) is 0 Å². The van der Waals surface area contributed by atoms with Crippen molar-refractivity contribution in [1.82, 2.24) is 0 Å². The lowest BCUT2D eigenvalue weighted by Gasteiger charge is -2.26. The van der Waals surface area contributed by atoms with Crippen molar-refractivity contribution in [3.8, 4) is 0 Å². The van der Waals surface area contributed by atoms with Crippen LogP contribution < -0.4 is 0 Å². The van der Waals surface area contributed by atoms with Crippen molar-refractivity contribution in [3.05, 3.63) is 0 Å². The molecule has 1 heteroatoms. The van der Waals surface area contributed by atoms with Crippen molar-refractivity contribution in [3.63, 3.8) is 0 Å². The van der Waals surface area contributed by atoms with Gasteiger partial charge in [-0.2, -0.15) is 0 Å². The van der Waals surface area contributed by atoms with Gasteiger partial charge in [0, 0.05) is 0 Å². The number of hydrogen-bond donors (Lipinski definition) is 1. The first-order valence-corrected chi connectivity index (χ1v) is 4.56. The van der Waals surface area contributed by atoms with E-state index >= 15 is 0 Å². The summed E-state index contributed by atoms with van der Waals surface area (Å²) in [4.78, 5) is 0. The third kappa shape index (κ3) is 0.968. The minimum atomic E-state index is 0.0605. The molecule has 2 aliphatic rings. The highest BCUT2D eigenvalue weighted by molar-refractivity contribution is 4.86. The van der Waals surface area contributed by atoms with E-state index in [1.54, 1.807) is 0 Å². The smallest absolute Gasteiger partial charge is 0.0571 e. The van der Waals surface area contributed by atoms with Gasteiger partial charge >= 0.3 is 0 Å². The molecule has 0 heterocycles. The standard InChI is InChI=1S/C9H16O/c10-9-6-5-7-3-1-2-4-8(7)9/h7-10H,1-6H2/t7-,8+,9+/m1/s1. The van der Waals surface area contributed by atoms with Crippen molar-refractivity contribution >= 4 is 0 Å². The molecular weight excluding hydrogens is 124 g/mol. The van der Waals surface area contributed by atoms with Gasteiger partial charge in [-0.3, -0.25) is 0 Å². The largest absolute Gasteiger partial charge is 0.393 e. The highest BCUT2D eigenvalue weighted by Crippen LogP contribution is 2.41. The van der Waals surface area contributed by atoms with E-state index in [-0.39, 0.29) is 6.10 Å². The van der Waals surface area contributed by atoms with Crippen molar-refractivity contribution in [2.24, 2.45) is 11.8 Å². The topological polar surface area (TPSA) is 20.2 Å². The van der Waals surface area contributed by atoms with Crippen LogP contribution in [0.25, 0.3) is 0 Å². The summed E-state index contributed by atoms with van der Waals surface area (Å²) in [6.45, 7) is 0. The number of aliphatic hydroxyl groups is 1. The van der Waals surface area contributed by atoms with Crippen LogP contribution in [0.15, 0.2) is 0 Å². The van der Waals surface area contributed by atoms with Crippen LogP contribution >= 0.6 is 0 Å². The average molecular weight is 140 g/mol. The molecule has 0 aromatic rings. The Kier molecular flexibility index (Phi) is 1.69. The van der Waals surface area contributed by atoms with Crippen LogP contribution in [0.1, 0.15) is 38.5 Å². The molecule has 58 valence electrons. The lowest BCUT2D eigenvalue weighted by Crippen LogP contribution is -2.22. The maximum absolute atomic E-state index is 9.52. The van der Waals surface area contributed by atoms with Crippen molar-refractivity contribution in [2.75, 3.05) is 0 Å². The molecule has 2 rings (SSSR count). The Bertz CT molecular complexity index is 120. The summed E-state index contributed by atoms with van der Waals surface area (Å²) in [5.41, 5.74) is 0. The minimum Gasteiger partial charge on any atom is -0.393 e. The first-order valence-electron chi connectivity index (χ1n) is 4.56. The van der Waals surface area contributed by atoms with Crippen LogP contribution in [-0.2, 0) is 0 Å². The molecular formula is C9H16O. The molecule has 0 saturated heterocycles. The van der Waals surface area contributed by atoms with E-state index < -0.39 is 0 Å². The summed E-state index contributed by atoms with van der Waals surface area (Å²) in [7, 11) is 0. The van der Waals surface area contributed by atoms with E-state index in [9.17, 15) is 5.11 Å². The zero-order valence-corrected chi connectivity index (χ0v) is 6.42. The molecule has 0 unspecified atom stereocenters. The average Bonchev–Trinajstić information content (AvgIpc) is 2.34. The van der Waals surface area contributed by atoms with Crippen molar-refractivity contribution in [2.45, 2.75) is 44.6 Å². The molecule has 0 radical (unpaired) electrons. The predicted octanol–water partition coefficient (Wildman–Crippen LogP) is 1.95. The van der Waals surface area contributed by atoms with Crippen molar-refractivity contribution < 1.29 is 5.11 Å². The lowest BCUT2D eigenvalue weighted by molar-refractivity contribution is 0.0963. The summed E-state index contributed by atoms with van der Waals surface area (Å²) < 4.78 is 0. The zero-order chi connectivity index (χ0) is 6.97. The van der Waals surface area contributed by atoms with Gasteiger partial charge in [-0.15, -0.1) is 0 Å². The lowest BCUT2D eigenvalue weighted by atomic mass is 9.81. The summed E-state index contributed by atoms with van der Waals surface area (Å²) in [6, 6.07) is 0. The van der Waals surface area contributed by atoms with Crippen LogP contribution in [0.3, 0.4) is 0 Å². The molecule has 0 spiro atoms. The summed E-state index contributed by atoms with van der Waals surface area (Å²) in [6.07, 6.45) is 7.89. The van der Waals surface area contributed by atoms with E-state index in [2.05, 4.69) is 0 Å². The van der Waals surface area contributed by atoms with Crippen molar-refractivity contribution in [1.29, 1.82) is 0 Å². The minimum absolute atomic E-state index is 0.0605. The Balaban J connectivity index is 2.01. The van der Waals surface area contributed by atoms with E-state index in [0.29, 0.717) is 5.92 Å². The molecule has 1 nitrogen and oxygen atoms in total. The Labute approximate surface area is 62.4 Å². The van der Waals surface area contributed by atoms with Gasteiger partial charge in [0.15, 0.2) is 0 Å². The molecule has 0 aliphatic heterocycles. The first-order chi connectivity index (χ1) is 4.88. The maximum Gasteiger partial charge on any atom is 0.0571 e. The molecule has 2 saturated carbocycles. The fourth-order valence-electron chi connectivity index (χ4n) is 2.70. The van der Waals surface area contributed by atoms with Gasteiger partial charge in [-0.05, 0) is 31.1 Å². The van der Waals surface area contributed by atoms with E-state index in [1.807, 2.05) is 0 Å². The number of rotatable bonds is 0. The molecule has 10 heavy (non-hydrogen) atoms. The molecule has 3 atom stereocenters. The van der Waals surface area contributed by atoms with Gasteiger partial charge in [0.2, 0.25) is 0 Å². The third-order valence-electron chi connectivity index (χ3n) is 3.30. The summed E-state index contributed by atoms with van der Waals surface area (Å²) in [5, 5.41) is 9.52. The second kappa shape index (κ2) is 2.54. The number of aliphatic hydroxyl groups excluding tert-OH is 1. The molecule has 0 amide bonds. The number of fused-ring (bicyclic) bond motifs is 1. The van der Waals surface area contributed by atoms with Gasteiger partial charge in [-0.25, -0.2) is 0 Å². The monoisotopic (exact) mass is 140 g/mol. The fourth-order valence-corrected chi connectivity index (χ4v) is 2.70. The SMILES string of the molecule is O[C@H]1CC[C@H]2CCCC[C@@H]21. The first kappa shape index (κ1) is 6.66. The van der Waals surface area contributed by atoms with Gasteiger partial charge in [0.25, 0.3) is 0 Å². The molecule has 1 N–H and O–H groups in total. The second-order valence-corrected chi connectivity index (χ2v) is 3.85. The Morgan fingerprint density at radius 2 is 1.70 bits per heavy atom. The predicted molar refractivity (Wildman–Crippen MR) is 40.7 cm³/mol. The molecule has 2 fully saturated rings. The third-order valence-corrected chi connectivity index (χ3v) is 3.30. The van der Waals surface area contributed by atoms with Crippen LogP contribution in [0.4, 0.5) is 0 Å². The number of hydrogen-bond acceptors (Lipinski definition) is 1. The Morgan fingerprint density at radius 1 is 0.900 bits per heavy atom. The Hall–Kier alpha value is -0.0400. The second-order valence-electron chi connectivity index (χ2n) is 3.85. The van der Waals surface area contributed by atoms with Gasteiger partial charge in [0.05, 0.1) is 6.10 Å². The zero-order valence-electron chi connectivity index (χ0n) is 6.42. The van der Waals surface area contributed by atoms with Crippen LogP contribution in [-0.4, -0.2) is 11.2 Å². The Morgan fingerprint density at radius 3 is 2.50 bits per heavy atom. The quantitative estimate of drug-likeness (QED) is 0.545. The van der Waals surface area contributed by atoms with Crippen LogP contribution in [0.5, 0.6) is 0 Å². The van der Waals surface area contributed by atoms with Crippen LogP contribution in [0.2, 0.25) is 0 Å². The molecule has 0 aromatic heterocycles. The highest BCUT2D eigenvalue weighted by atomic mass is 16.3. The summed E-state index contributed by atoms with van der Waals surface area (Å²) >= 11 is 0. The van der Waals surface area contributed by atoms with Gasteiger partial charge < -0.3 is 5.11 Å². The summed E-state index contributed by atoms with van der Waals surface area (Å²) in [5.74, 6) is 1.58. The molecule has 0 bridgehead atoms. The van der Waals surface area contributed by atoms with E-state index in [0.717, 1.165) is 12.3 Å². The highest BCUT2D eigenvalue weighted by Gasteiger charge is 2.35. The molecule has 2 aliphatic carbocycles.